The Bertz CT molecular complexity index is 565. The Morgan fingerprint density at radius 2 is 1.84 bits per heavy atom. The van der Waals surface area contributed by atoms with Crippen molar-refractivity contribution in [1.82, 2.24) is 15.1 Å². The summed E-state index contributed by atoms with van der Waals surface area (Å²) in [6, 6.07) is 8.57. The van der Waals surface area contributed by atoms with E-state index in [1.165, 1.54) is 5.56 Å². The van der Waals surface area contributed by atoms with Gasteiger partial charge in [0.05, 0.1) is 12.2 Å². The summed E-state index contributed by atoms with van der Waals surface area (Å²) >= 11 is 0. The van der Waals surface area contributed by atoms with Crippen LogP contribution in [0.25, 0.3) is 0 Å². The zero-order valence-electron chi connectivity index (χ0n) is 15.7. The van der Waals surface area contributed by atoms with Crippen molar-refractivity contribution < 1.29 is 9.53 Å². The Kier molecular flexibility index (Phi) is 6.10. The number of carbonyl (C=O) groups excluding carboxylic acids is 1. The molecular formula is C20H31N3O2. The Morgan fingerprint density at radius 1 is 1.16 bits per heavy atom. The second-order valence-corrected chi connectivity index (χ2v) is 7.53. The molecule has 1 N–H and O–H groups in total. The molecule has 5 heteroatoms. The number of hydrogen-bond acceptors (Lipinski definition) is 4. The molecule has 0 aliphatic carbocycles. The molecule has 0 radical (unpaired) electrons. The number of carbonyl (C=O) groups is 1. The molecule has 1 amide bonds. The molecule has 2 aliphatic heterocycles. The van der Waals surface area contributed by atoms with Crippen LogP contribution in [0.4, 0.5) is 0 Å². The third kappa shape index (κ3) is 4.81. The maximum atomic E-state index is 12.7. The molecule has 1 aromatic rings. The lowest BCUT2D eigenvalue weighted by Gasteiger charge is -2.35. The highest BCUT2D eigenvalue weighted by molar-refractivity contribution is 5.94. The average Bonchev–Trinajstić information content (AvgIpc) is 2.61. The molecule has 0 aromatic heterocycles. The van der Waals surface area contributed by atoms with E-state index in [1.807, 2.05) is 24.1 Å². The van der Waals surface area contributed by atoms with Crippen molar-refractivity contribution in [3.63, 3.8) is 0 Å². The number of likely N-dealkylation sites (tertiary alicyclic amines) is 1. The number of amides is 1. The predicted octanol–water partition coefficient (Wildman–Crippen LogP) is 2.12. The highest BCUT2D eigenvalue weighted by Gasteiger charge is 2.24. The zero-order chi connectivity index (χ0) is 17.8. The first-order valence-electron chi connectivity index (χ1n) is 9.48. The fraction of sp³-hybridized carbons (Fsp3) is 0.650. The molecule has 0 saturated carbocycles. The lowest BCUT2D eigenvalue weighted by atomic mass is 10.0. The first-order valence-corrected chi connectivity index (χ1v) is 9.48. The molecule has 1 aromatic carbocycles. The Hall–Kier alpha value is -1.43. The number of likely N-dealkylation sites (N-methyl/N-ethyl adjacent to an activating group) is 1. The molecular weight excluding hydrogens is 314 g/mol. The molecule has 138 valence electrons. The van der Waals surface area contributed by atoms with Gasteiger partial charge in [0.15, 0.2) is 0 Å². The molecule has 2 aliphatic rings. The molecule has 25 heavy (non-hydrogen) atoms. The summed E-state index contributed by atoms with van der Waals surface area (Å²) < 4.78 is 5.79. The normalized spacial score (nSPS) is 28.1. The predicted molar refractivity (Wildman–Crippen MR) is 99.7 cm³/mol. The second kappa shape index (κ2) is 8.30. The summed E-state index contributed by atoms with van der Waals surface area (Å²) in [5.74, 6) is 0.153. The third-order valence-corrected chi connectivity index (χ3v) is 5.22. The topological polar surface area (TPSA) is 44.8 Å². The highest BCUT2D eigenvalue weighted by Crippen LogP contribution is 2.17. The summed E-state index contributed by atoms with van der Waals surface area (Å²) in [6.07, 6.45) is 2.78. The summed E-state index contributed by atoms with van der Waals surface area (Å²) in [5, 5.41) is 3.29. The van der Waals surface area contributed by atoms with E-state index in [-0.39, 0.29) is 18.1 Å². The van der Waals surface area contributed by atoms with Gasteiger partial charge in [-0.15, -0.1) is 0 Å². The maximum Gasteiger partial charge on any atom is 0.253 e. The van der Waals surface area contributed by atoms with E-state index in [0.717, 1.165) is 51.1 Å². The van der Waals surface area contributed by atoms with Gasteiger partial charge in [-0.05, 0) is 51.4 Å². The number of piperidine rings is 1. The van der Waals surface area contributed by atoms with Gasteiger partial charge in [-0.3, -0.25) is 9.69 Å². The molecule has 5 nitrogen and oxygen atoms in total. The van der Waals surface area contributed by atoms with E-state index in [1.54, 1.807) is 0 Å². The van der Waals surface area contributed by atoms with Crippen LogP contribution in [0.2, 0.25) is 0 Å². The minimum Gasteiger partial charge on any atom is -0.373 e. The molecule has 0 spiro atoms. The summed E-state index contributed by atoms with van der Waals surface area (Å²) in [7, 11) is 1.97. The maximum absolute atomic E-state index is 12.7. The Balaban J connectivity index is 1.59. The van der Waals surface area contributed by atoms with Crippen LogP contribution in [-0.2, 0) is 11.3 Å². The first kappa shape index (κ1) is 18.4. The largest absolute Gasteiger partial charge is 0.373 e. The fourth-order valence-corrected chi connectivity index (χ4v) is 4.00. The highest BCUT2D eigenvalue weighted by atomic mass is 16.5. The number of nitrogens with one attached hydrogen (secondary N) is 1. The van der Waals surface area contributed by atoms with E-state index in [4.69, 9.17) is 4.74 Å². The van der Waals surface area contributed by atoms with Crippen LogP contribution in [0.15, 0.2) is 24.3 Å². The van der Waals surface area contributed by atoms with Gasteiger partial charge in [-0.25, -0.2) is 0 Å². The van der Waals surface area contributed by atoms with Crippen molar-refractivity contribution in [2.45, 2.75) is 51.5 Å². The van der Waals surface area contributed by atoms with Crippen molar-refractivity contribution in [3.8, 4) is 0 Å². The van der Waals surface area contributed by atoms with Gasteiger partial charge < -0.3 is 15.0 Å². The zero-order valence-corrected chi connectivity index (χ0v) is 15.7. The molecule has 3 atom stereocenters. The molecule has 0 bridgehead atoms. The summed E-state index contributed by atoms with van der Waals surface area (Å²) in [4.78, 5) is 17.1. The van der Waals surface area contributed by atoms with Gasteiger partial charge in [0.25, 0.3) is 5.91 Å². The molecule has 0 unspecified atom stereocenters. The van der Waals surface area contributed by atoms with Crippen molar-refractivity contribution in [1.29, 1.82) is 0 Å². The summed E-state index contributed by atoms with van der Waals surface area (Å²) in [6.45, 7) is 8.76. The van der Waals surface area contributed by atoms with E-state index in [2.05, 4.69) is 36.2 Å². The lowest BCUT2D eigenvalue weighted by Crippen LogP contribution is -2.47. The third-order valence-electron chi connectivity index (χ3n) is 5.22. The first-order chi connectivity index (χ1) is 12.0. The van der Waals surface area contributed by atoms with E-state index >= 15 is 0 Å². The molecule has 3 rings (SSSR count). The second-order valence-electron chi connectivity index (χ2n) is 7.53. The number of benzene rings is 1. The Morgan fingerprint density at radius 3 is 2.48 bits per heavy atom. The summed E-state index contributed by atoms with van der Waals surface area (Å²) in [5.41, 5.74) is 2.05. The number of hydrogen-bond donors (Lipinski definition) is 1. The van der Waals surface area contributed by atoms with Crippen molar-refractivity contribution in [2.24, 2.45) is 0 Å². The van der Waals surface area contributed by atoms with E-state index in [0.29, 0.717) is 6.04 Å². The smallest absolute Gasteiger partial charge is 0.253 e. The average molecular weight is 345 g/mol. The monoisotopic (exact) mass is 345 g/mol. The Labute approximate surface area is 151 Å². The van der Waals surface area contributed by atoms with E-state index in [9.17, 15) is 4.79 Å². The van der Waals surface area contributed by atoms with Gasteiger partial charge in [0.1, 0.15) is 0 Å². The lowest BCUT2D eigenvalue weighted by molar-refractivity contribution is -0.0704. The van der Waals surface area contributed by atoms with Crippen molar-refractivity contribution in [3.05, 3.63) is 35.4 Å². The van der Waals surface area contributed by atoms with Gasteiger partial charge in [0.2, 0.25) is 0 Å². The van der Waals surface area contributed by atoms with Crippen LogP contribution in [0.1, 0.15) is 42.6 Å². The molecule has 2 fully saturated rings. The van der Waals surface area contributed by atoms with E-state index < -0.39 is 0 Å². The van der Waals surface area contributed by atoms with Gasteiger partial charge in [0, 0.05) is 44.3 Å². The fourth-order valence-electron chi connectivity index (χ4n) is 4.00. The molecule has 2 saturated heterocycles. The number of nitrogens with zero attached hydrogens (tertiary/aromatic N) is 2. The number of morpholine rings is 1. The van der Waals surface area contributed by atoms with Crippen LogP contribution in [0, 0.1) is 0 Å². The van der Waals surface area contributed by atoms with Gasteiger partial charge in [-0.2, -0.15) is 0 Å². The SMILES string of the molecule is CN[C@@H]1CCCN(C(=O)c2ccc(CN3C[C@H](C)O[C@@H](C)C3)cc2)C1. The number of ether oxygens (including phenoxy) is 1. The quantitative estimate of drug-likeness (QED) is 0.908. The van der Waals surface area contributed by atoms with Crippen LogP contribution in [0.3, 0.4) is 0 Å². The van der Waals surface area contributed by atoms with Gasteiger partial charge >= 0.3 is 0 Å². The van der Waals surface area contributed by atoms with Crippen LogP contribution >= 0.6 is 0 Å². The van der Waals surface area contributed by atoms with Crippen molar-refractivity contribution in [2.75, 3.05) is 33.2 Å². The van der Waals surface area contributed by atoms with Crippen LogP contribution in [0.5, 0.6) is 0 Å². The number of rotatable bonds is 4. The molecule has 2 heterocycles. The minimum absolute atomic E-state index is 0.153. The minimum atomic E-state index is 0.153. The van der Waals surface area contributed by atoms with Gasteiger partial charge in [-0.1, -0.05) is 12.1 Å². The van der Waals surface area contributed by atoms with Crippen LogP contribution in [-0.4, -0.2) is 67.2 Å². The van der Waals surface area contributed by atoms with Crippen LogP contribution < -0.4 is 5.32 Å². The van der Waals surface area contributed by atoms with Crippen molar-refractivity contribution >= 4 is 5.91 Å². The standard InChI is InChI=1S/C20H31N3O2/c1-15-11-22(12-16(2)25-15)13-17-6-8-18(9-7-17)20(24)23-10-4-5-19(14-23)21-3/h6-9,15-16,19,21H,4-5,10-14H2,1-3H3/t15-,16-,19+/m0/s1.